The lowest BCUT2D eigenvalue weighted by Crippen LogP contribution is -2.18. The summed E-state index contributed by atoms with van der Waals surface area (Å²) in [4.78, 5) is 8.47. The molecule has 0 spiro atoms. The van der Waals surface area contributed by atoms with Crippen molar-refractivity contribution in [2.75, 3.05) is 0 Å². The van der Waals surface area contributed by atoms with Crippen LogP contribution in [0.25, 0.3) is 0 Å². The van der Waals surface area contributed by atoms with E-state index >= 15 is 0 Å². The molecule has 5 nitrogen and oxygen atoms in total. The predicted octanol–water partition coefficient (Wildman–Crippen LogP) is 1.89. The average Bonchev–Trinajstić information content (AvgIpc) is 2.86. The highest BCUT2D eigenvalue weighted by Crippen LogP contribution is 2.19. The molecule has 19 heavy (non-hydrogen) atoms. The minimum atomic E-state index is -0.0576. The zero-order chi connectivity index (χ0) is 13.7. The molecule has 2 N–H and O–H groups in total. The Labute approximate surface area is 113 Å². The molecule has 0 bridgehead atoms. The predicted molar refractivity (Wildman–Crippen MR) is 74.6 cm³/mol. The van der Waals surface area contributed by atoms with Crippen molar-refractivity contribution < 1.29 is 0 Å². The maximum Gasteiger partial charge on any atom is 0.138 e. The van der Waals surface area contributed by atoms with Crippen LogP contribution < -0.4 is 5.73 Å². The van der Waals surface area contributed by atoms with Crippen molar-refractivity contribution in [1.29, 1.82) is 0 Å². The summed E-state index contributed by atoms with van der Waals surface area (Å²) in [5.74, 6) is 0.952. The van der Waals surface area contributed by atoms with Crippen LogP contribution in [0.15, 0.2) is 24.8 Å². The van der Waals surface area contributed by atoms with E-state index in [2.05, 4.69) is 28.9 Å². The third-order valence-corrected chi connectivity index (χ3v) is 3.26. The van der Waals surface area contributed by atoms with Crippen molar-refractivity contribution in [2.45, 2.75) is 45.7 Å². The Morgan fingerprint density at radius 3 is 2.95 bits per heavy atom. The number of hydrogen-bond donors (Lipinski definition) is 1. The van der Waals surface area contributed by atoms with Gasteiger partial charge in [-0.1, -0.05) is 13.8 Å². The summed E-state index contributed by atoms with van der Waals surface area (Å²) in [6.07, 6.45) is 7.98. The van der Waals surface area contributed by atoms with E-state index in [1.54, 1.807) is 12.5 Å². The molecule has 0 fully saturated rings. The third-order valence-electron chi connectivity index (χ3n) is 3.26. The van der Waals surface area contributed by atoms with E-state index in [0.717, 1.165) is 30.8 Å². The summed E-state index contributed by atoms with van der Waals surface area (Å²) in [6, 6.07) is 1.95. The van der Waals surface area contributed by atoms with Crippen LogP contribution in [-0.2, 0) is 19.4 Å². The van der Waals surface area contributed by atoms with Crippen LogP contribution in [0.4, 0.5) is 0 Å². The maximum absolute atomic E-state index is 6.32. The Kier molecular flexibility index (Phi) is 4.63. The van der Waals surface area contributed by atoms with Crippen LogP contribution in [0.3, 0.4) is 0 Å². The smallest absolute Gasteiger partial charge is 0.138 e. The van der Waals surface area contributed by atoms with Gasteiger partial charge in [0, 0.05) is 31.4 Å². The first-order chi connectivity index (χ1) is 9.26. The van der Waals surface area contributed by atoms with Gasteiger partial charge < -0.3 is 5.73 Å². The Hall–Kier alpha value is -1.75. The summed E-state index contributed by atoms with van der Waals surface area (Å²) >= 11 is 0. The summed E-state index contributed by atoms with van der Waals surface area (Å²) in [5.41, 5.74) is 8.68. The summed E-state index contributed by atoms with van der Waals surface area (Å²) in [7, 11) is 0. The van der Waals surface area contributed by atoms with Gasteiger partial charge in [-0.3, -0.25) is 9.67 Å². The van der Waals surface area contributed by atoms with Gasteiger partial charge in [-0.2, -0.15) is 5.10 Å². The van der Waals surface area contributed by atoms with Crippen LogP contribution in [0, 0.1) is 0 Å². The SMILES string of the molecule is CCCn1ncnc1CC(N)c1ccncc1CC. The summed E-state index contributed by atoms with van der Waals surface area (Å²) in [6.45, 7) is 5.13. The number of nitrogens with two attached hydrogens (primary N) is 1. The number of aromatic nitrogens is 4. The van der Waals surface area contributed by atoms with Gasteiger partial charge in [0.1, 0.15) is 12.2 Å². The van der Waals surface area contributed by atoms with Gasteiger partial charge in [0.15, 0.2) is 0 Å². The zero-order valence-corrected chi connectivity index (χ0v) is 11.6. The molecule has 2 aromatic heterocycles. The van der Waals surface area contributed by atoms with Crippen LogP contribution >= 0.6 is 0 Å². The Balaban J connectivity index is 2.16. The quantitative estimate of drug-likeness (QED) is 0.860. The topological polar surface area (TPSA) is 69.6 Å². The molecule has 0 aliphatic carbocycles. The van der Waals surface area contributed by atoms with Crippen molar-refractivity contribution >= 4 is 0 Å². The van der Waals surface area contributed by atoms with Crippen LogP contribution in [-0.4, -0.2) is 19.7 Å². The van der Waals surface area contributed by atoms with E-state index < -0.39 is 0 Å². The normalized spacial score (nSPS) is 12.6. The first kappa shape index (κ1) is 13.7. The van der Waals surface area contributed by atoms with Crippen LogP contribution in [0.1, 0.15) is 43.3 Å². The second kappa shape index (κ2) is 6.43. The van der Waals surface area contributed by atoms with Gasteiger partial charge >= 0.3 is 0 Å². The number of pyridine rings is 1. The highest BCUT2D eigenvalue weighted by atomic mass is 15.3. The maximum atomic E-state index is 6.32. The molecule has 0 amide bonds. The Morgan fingerprint density at radius 1 is 1.37 bits per heavy atom. The zero-order valence-electron chi connectivity index (χ0n) is 11.6. The van der Waals surface area contributed by atoms with E-state index in [1.165, 1.54) is 5.56 Å². The lowest BCUT2D eigenvalue weighted by Gasteiger charge is -2.15. The van der Waals surface area contributed by atoms with Gasteiger partial charge in [0.2, 0.25) is 0 Å². The molecule has 1 unspecified atom stereocenters. The molecule has 0 aliphatic heterocycles. The molecule has 0 aliphatic rings. The van der Waals surface area contributed by atoms with E-state index in [1.807, 2.05) is 16.9 Å². The fourth-order valence-electron chi connectivity index (χ4n) is 2.25. The molecule has 0 aromatic carbocycles. The summed E-state index contributed by atoms with van der Waals surface area (Å²) in [5, 5.41) is 4.23. The minimum Gasteiger partial charge on any atom is -0.324 e. The van der Waals surface area contributed by atoms with Crippen LogP contribution in [0.5, 0.6) is 0 Å². The van der Waals surface area contributed by atoms with E-state index in [0.29, 0.717) is 6.42 Å². The monoisotopic (exact) mass is 259 g/mol. The third kappa shape index (κ3) is 3.17. The molecular weight excluding hydrogens is 238 g/mol. The summed E-state index contributed by atoms with van der Waals surface area (Å²) < 4.78 is 1.94. The van der Waals surface area contributed by atoms with Crippen molar-refractivity contribution in [3.63, 3.8) is 0 Å². The number of hydrogen-bond acceptors (Lipinski definition) is 4. The van der Waals surface area contributed by atoms with E-state index in [9.17, 15) is 0 Å². The van der Waals surface area contributed by atoms with Crippen molar-refractivity contribution in [1.82, 2.24) is 19.7 Å². The van der Waals surface area contributed by atoms with E-state index in [-0.39, 0.29) is 6.04 Å². The fourth-order valence-corrected chi connectivity index (χ4v) is 2.25. The lowest BCUT2D eigenvalue weighted by atomic mass is 9.99. The molecular formula is C14H21N5. The molecule has 0 saturated heterocycles. The Morgan fingerprint density at radius 2 is 2.21 bits per heavy atom. The molecule has 2 aromatic rings. The largest absolute Gasteiger partial charge is 0.324 e. The first-order valence-electron chi connectivity index (χ1n) is 6.81. The first-order valence-corrected chi connectivity index (χ1v) is 6.81. The second-order valence-electron chi connectivity index (χ2n) is 4.64. The van der Waals surface area contributed by atoms with Crippen molar-refractivity contribution in [2.24, 2.45) is 5.73 Å². The van der Waals surface area contributed by atoms with Gasteiger partial charge in [-0.25, -0.2) is 4.98 Å². The molecule has 5 heteroatoms. The van der Waals surface area contributed by atoms with Crippen LogP contribution in [0.2, 0.25) is 0 Å². The number of nitrogens with zero attached hydrogens (tertiary/aromatic N) is 4. The van der Waals surface area contributed by atoms with E-state index in [4.69, 9.17) is 5.73 Å². The molecule has 0 radical (unpaired) electrons. The highest BCUT2D eigenvalue weighted by Gasteiger charge is 2.14. The standard InChI is InChI=1S/C14H21N5/c1-3-7-19-14(17-10-18-19)8-13(15)12-5-6-16-9-11(12)4-2/h5-6,9-10,13H,3-4,7-8,15H2,1-2H3. The Bertz CT molecular complexity index is 520. The number of aryl methyl sites for hydroxylation is 2. The van der Waals surface area contributed by atoms with Gasteiger partial charge in [0.25, 0.3) is 0 Å². The van der Waals surface area contributed by atoms with Crippen molar-refractivity contribution in [3.05, 3.63) is 41.7 Å². The van der Waals surface area contributed by atoms with Crippen molar-refractivity contribution in [3.8, 4) is 0 Å². The van der Waals surface area contributed by atoms with Gasteiger partial charge in [0.05, 0.1) is 0 Å². The van der Waals surface area contributed by atoms with Gasteiger partial charge in [-0.15, -0.1) is 0 Å². The fraction of sp³-hybridized carbons (Fsp3) is 0.500. The minimum absolute atomic E-state index is 0.0576. The number of rotatable bonds is 6. The highest BCUT2D eigenvalue weighted by molar-refractivity contribution is 5.27. The molecule has 0 saturated carbocycles. The molecule has 2 rings (SSSR count). The lowest BCUT2D eigenvalue weighted by molar-refractivity contribution is 0.547. The molecule has 2 heterocycles. The second-order valence-corrected chi connectivity index (χ2v) is 4.64. The average molecular weight is 259 g/mol. The van der Waals surface area contributed by atoms with Gasteiger partial charge in [-0.05, 0) is 30.0 Å². The molecule has 1 atom stereocenters. The molecule has 102 valence electrons.